The fraction of sp³-hybridized carbons (Fsp3) is 0.0435. The Morgan fingerprint density at radius 1 is 0.821 bits per heavy atom. The van der Waals surface area contributed by atoms with Crippen LogP contribution in [0, 0.1) is 18.3 Å². The van der Waals surface area contributed by atoms with Crippen LogP contribution in [0.2, 0.25) is 0 Å². The van der Waals surface area contributed by atoms with Crippen LogP contribution < -0.4 is 5.32 Å². The molecule has 3 aromatic carbocycles. The van der Waals surface area contributed by atoms with Gasteiger partial charge in [-0.05, 0) is 42.8 Å². The summed E-state index contributed by atoms with van der Waals surface area (Å²) in [5.74, 6) is -0.283. The highest BCUT2D eigenvalue weighted by Gasteiger charge is 2.16. The van der Waals surface area contributed by atoms with Gasteiger partial charge in [0.15, 0.2) is 0 Å². The summed E-state index contributed by atoms with van der Waals surface area (Å²) >= 11 is 2.93. The predicted molar refractivity (Wildman–Crippen MR) is 116 cm³/mol. The molecule has 0 heterocycles. The lowest BCUT2D eigenvalue weighted by atomic mass is 10.1. The average Bonchev–Trinajstić information content (AvgIpc) is 2.73. The molecule has 0 radical (unpaired) electrons. The maximum atomic E-state index is 12.7. The number of nitriles is 1. The van der Waals surface area contributed by atoms with Gasteiger partial charge in [-0.2, -0.15) is 5.26 Å². The number of rotatable bonds is 6. The molecule has 0 saturated carbocycles. The molecular formula is C23H18N2OS2. The molecule has 0 unspecified atom stereocenters. The van der Waals surface area contributed by atoms with Crippen molar-refractivity contribution >= 4 is 29.4 Å². The van der Waals surface area contributed by atoms with Crippen molar-refractivity contribution in [2.75, 3.05) is 0 Å². The fourth-order valence-corrected chi connectivity index (χ4v) is 4.60. The third-order valence-electron chi connectivity index (χ3n) is 3.85. The second kappa shape index (κ2) is 9.84. The summed E-state index contributed by atoms with van der Waals surface area (Å²) in [4.78, 5) is 14.7. The molecular weight excluding hydrogens is 384 g/mol. The Morgan fingerprint density at radius 3 is 1.82 bits per heavy atom. The van der Waals surface area contributed by atoms with E-state index in [-0.39, 0.29) is 11.6 Å². The van der Waals surface area contributed by atoms with Crippen molar-refractivity contribution in [1.82, 2.24) is 5.32 Å². The van der Waals surface area contributed by atoms with Crippen molar-refractivity contribution in [3.8, 4) is 6.07 Å². The molecule has 0 atom stereocenters. The number of benzene rings is 3. The minimum atomic E-state index is -0.283. The van der Waals surface area contributed by atoms with E-state index in [1.807, 2.05) is 85.8 Å². The number of carbonyl (C=O) groups is 1. The average molecular weight is 403 g/mol. The van der Waals surface area contributed by atoms with E-state index < -0.39 is 0 Å². The molecule has 0 bridgehead atoms. The van der Waals surface area contributed by atoms with Crippen LogP contribution in [0.1, 0.15) is 15.9 Å². The molecule has 5 heteroatoms. The van der Waals surface area contributed by atoms with Gasteiger partial charge < -0.3 is 5.32 Å². The topological polar surface area (TPSA) is 52.9 Å². The third kappa shape index (κ3) is 5.29. The second-order valence-corrected chi connectivity index (χ2v) is 8.30. The highest BCUT2D eigenvalue weighted by atomic mass is 32.2. The normalized spacial score (nSPS) is 10.0. The third-order valence-corrected chi connectivity index (χ3v) is 6.15. The standard InChI is InChI=1S/C23H18N2OS2/c1-17-10-8-9-15-20(17)22(26)25-21(16-24)23(27-18-11-4-2-5-12-18)28-19-13-6-3-7-14-19/h2-15H,1H3,(H,25,26). The minimum absolute atomic E-state index is 0.246. The first-order valence-electron chi connectivity index (χ1n) is 8.64. The van der Waals surface area contributed by atoms with Crippen LogP contribution in [0.4, 0.5) is 0 Å². The molecule has 3 rings (SSSR count). The van der Waals surface area contributed by atoms with Crippen molar-refractivity contribution in [2.24, 2.45) is 0 Å². The Hall–Kier alpha value is -2.94. The van der Waals surface area contributed by atoms with Crippen molar-refractivity contribution in [1.29, 1.82) is 5.26 Å². The van der Waals surface area contributed by atoms with Crippen LogP contribution in [0.25, 0.3) is 0 Å². The number of thioether (sulfide) groups is 2. The molecule has 1 N–H and O–H groups in total. The van der Waals surface area contributed by atoms with Gasteiger partial charge in [-0.25, -0.2) is 0 Å². The van der Waals surface area contributed by atoms with E-state index in [1.54, 1.807) is 6.07 Å². The summed E-state index contributed by atoms with van der Waals surface area (Å²) in [5.41, 5.74) is 1.67. The van der Waals surface area contributed by atoms with E-state index in [0.717, 1.165) is 19.6 Å². The quantitative estimate of drug-likeness (QED) is 0.406. The van der Waals surface area contributed by atoms with Crippen molar-refractivity contribution in [2.45, 2.75) is 16.7 Å². The molecule has 138 valence electrons. The summed E-state index contributed by atoms with van der Waals surface area (Å²) in [6, 6.07) is 29.1. The number of allylic oxidation sites excluding steroid dienone is 1. The second-order valence-electron chi connectivity index (χ2n) is 5.87. The van der Waals surface area contributed by atoms with Crippen molar-refractivity contribution in [3.05, 3.63) is 106 Å². The van der Waals surface area contributed by atoms with Gasteiger partial charge in [-0.3, -0.25) is 4.79 Å². The predicted octanol–water partition coefficient (Wildman–Crippen LogP) is 6.00. The zero-order chi connectivity index (χ0) is 19.8. The van der Waals surface area contributed by atoms with Gasteiger partial charge in [-0.15, -0.1) is 0 Å². The maximum absolute atomic E-state index is 12.7. The lowest BCUT2D eigenvalue weighted by Crippen LogP contribution is -2.23. The number of hydrogen-bond acceptors (Lipinski definition) is 4. The molecule has 0 spiro atoms. The lowest BCUT2D eigenvalue weighted by Gasteiger charge is -2.12. The zero-order valence-corrected chi connectivity index (χ0v) is 16.9. The van der Waals surface area contributed by atoms with E-state index >= 15 is 0 Å². The van der Waals surface area contributed by atoms with E-state index in [1.165, 1.54) is 23.5 Å². The molecule has 0 aliphatic heterocycles. The Labute approximate surface area is 173 Å². The SMILES string of the molecule is Cc1ccccc1C(=O)NC(C#N)=C(Sc1ccccc1)Sc1ccccc1. The molecule has 0 saturated heterocycles. The first kappa shape index (κ1) is 19.8. The number of nitrogens with one attached hydrogen (secondary N) is 1. The van der Waals surface area contributed by atoms with Crippen LogP contribution in [0.3, 0.4) is 0 Å². The van der Waals surface area contributed by atoms with Crippen LogP contribution in [-0.4, -0.2) is 5.91 Å². The molecule has 0 aromatic heterocycles. The lowest BCUT2D eigenvalue weighted by molar-refractivity contribution is 0.0967. The number of amides is 1. The van der Waals surface area contributed by atoms with E-state index in [0.29, 0.717) is 5.56 Å². The summed E-state index contributed by atoms with van der Waals surface area (Å²) in [7, 11) is 0. The minimum Gasteiger partial charge on any atom is -0.312 e. The molecule has 1 amide bonds. The molecule has 0 aliphatic carbocycles. The van der Waals surface area contributed by atoms with Crippen LogP contribution in [0.5, 0.6) is 0 Å². The smallest absolute Gasteiger partial charge is 0.256 e. The highest BCUT2D eigenvalue weighted by molar-refractivity contribution is 8.22. The van der Waals surface area contributed by atoms with Gasteiger partial charge in [-0.1, -0.05) is 78.1 Å². The molecule has 0 fully saturated rings. The first-order chi connectivity index (χ1) is 13.7. The molecule has 0 aliphatic rings. The van der Waals surface area contributed by atoms with E-state index in [2.05, 4.69) is 11.4 Å². The summed E-state index contributed by atoms with van der Waals surface area (Å²) in [5, 5.41) is 12.6. The van der Waals surface area contributed by atoms with Gasteiger partial charge in [0.1, 0.15) is 11.8 Å². The van der Waals surface area contributed by atoms with Crippen LogP contribution in [-0.2, 0) is 0 Å². The van der Waals surface area contributed by atoms with Crippen LogP contribution >= 0.6 is 23.5 Å². The largest absolute Gasteiger partial charge is 0.312 e. The van der Waals surface area contributed by atoms with Gasteiger partial charge in [0.2, 0.25) is 0 Å². The Kier molecular flexibility index (Phi) is 6.96. The first-order valence-corrected chi connectivity index (χ1v) is 10.3. The number of hydrogen-bond donors (Lipinski definition) is 1. The molecule has 28 heavy (non-hydrogen) atoms. The van der Waals surface area contributed by atoms with Gasteiger partial charge in [0.25, 0.3) is 5.91 Å². The van der Waals surface area contributed by atoms with Gasteiger partial charge in [0.05, 0.1) is 4.24 Å². The summed E-state index contributed by atoms with van der Waals surface area (Å²) in [6.45, 7) is 1.88. The Bertz CT molecular complexity index is 982. The van der Waals surface area contributed by atoms with Crippen molar-refractivity contribution in [3.63, 3.8) is 0 Å². The maximum Gasteiger partial charge on any atom is 0.256 e. The number of aryl methyl sites for hydroxylation is 1. The fourth-order valence-electron chi connectivity index (χ4n) is 2.45. The van der Waals surface area contributed by atoms with Crippen molar-refractivity contribution < 1.29 is 4.79 Å². The highest BCUT2D eigenvalue weighted by Crippen LogP contribution is 2.40. The summed E-state index contributed by atoms with van der Waals surface area (Å²) < 4.78 is 0.724. The number of carbonyl (C=O) groups excluding carboxylic acids is 1. The Balaban J connectivity index is 1.94. The summed E-state index contributed by atoms with van der Waals surface area (Å²) in [6.07, 6.45) is 0. The monoisotopic (exact) mass is 402 g/mol. The Morgan fingerprint density at radius 2 is 1.32 bits per heavy atom. The van der Waals surface area contributed by atoms with Gasteiger partial charge in [0, 0.05) is 15.4 Å². The van der Waals surface area contributed by atoms with E-state index in [9.17, 15) is 10.1 Å². The molecule has 3 nitrogen and oxygen atoms in total. The van der Waals surface area contributed by atoms with Crippen LogP contribution in [0.15, 0.2) is 105 Å². The van der Waals surface area contributed by atoms with Gasteiger partial charge >= 0.3 is 0 Å². The molecule has 3 aromatic rings. The van der Waals surface area contributed by atoms with E-state index in [4.69, 9.17) is 0 Å². The zero-order valence-electron chi connectivity index (χ0n) is 15.3. The number of nitrogens with zero attached hydrogens (tertiary/aromatic N) is 1.